The van der Waals surface area contributed by atoms with E-state index in [9.17, 15) is 0 Å². The Morgan fingerprint density at radius 3 is 1.42 bits per heavy atom. The zero-order valence-electron chi connectivity index (χ0n) is 18.5. The highest BCUT2D eigenvalue weighted by atomic mass is 28.5. The summed E-state index contributed by atoms with van der Waals surface area (Å²) < 4.78 is 21.1. The molecule has 2 fully saturated rings. The van der Waals surface area contributed by atoms with E-state index in [0.717, 1.165) is 0 Å². The van der Waals surface area contributed by atoms with E-state index in [2.05, 4.69) is 45.8 Å². The maximum atomic E-state index is 7.29. The minimum atomic E-state index is -2.27. The van der Waals surface area contributed by atoms with Crippen molar-refractivity contribution < 1.29 is 12.3 Å². The van der Waals surface area contributed by atoms with Crippen molar-refractivity contribution in [2.45, 2.75) is 121 Å². The smallest absolute Gasteiger partial charge is 0.325 e. The van der Waals surface area contributed by atoms with Gasteiger partial charge in [-0.1, -0.05) is 38.5 Å². The molecule has 0 N–H and O–H groups in total. The minimum absolute atomic E-state index is 0.700. The molecule has 0 heterocycles. The summed E-state index contributed by atoms with van der Waals surface area (Å²) in [7, 11) is -7.24. The van der Waals surface area contributed by atoms with E-state index in [4.69, 9.17) is 12.3 Å². The van der Waals surface area contributed by atoms with Gasteiger partial charge in [0.05, 0.1) is 0 Å². The van der Waals surface area contributed by atoms with Crippen molar-refractivity contribution in [2.24, 2.45) is 0 Å². The lowest BCUT2D eigenvalue weighted by Crippen LogP contribution is -2.61. The van der Waals surface area contributed by atoms with Crippen LogP contribution in [0.2, 0.25) is 56.9 Å². The lowest BCUT2D eigenvalue weighted by atomic mass is 9.99. The molecule has 0 aliphatic heterocycles. The van der Waals surface area contributed by atoms with Crippen LogP contribution in [0.5, 0.6) is 0 Å². The van der Waals surface area contributed by atoms with Crippen molar-refractivity contribution in [3.63, 3.8) is 0 Å². The Bertz CT molecular complexity index is 407. The topological polar surface area (TPSA) is 27.7 Å². The summed E-state index contributed by atoms with van der Waals surface area (Å²) >= 11 is 0. The van der Waals surface area contributed by atoms with Crippen molar-refractivity contribution in [2.75, 3.05) is 0 Å². The molecule has 0 aromatic carbocycles. The Morgan fingerprint density at radius 1 is 0.654 bits per heavy atom. The van der Waals surface area contributed by atoms with E-state index in [1.165, 1.54) is 64.2 Å². The maximum absolute atomic E-state index is 7.29. The highest BCUT2D eigenvalue weighted by Gasteiger charge is 2.56. The van der Waals surface area contributed by atoms with E-state index >= 15 is 0 Å². The largest absolute Gasteiger partial charge is 0.439 e. The molecule has 0 spiro atoms. The molecule has 0 aromatic rings. The molecule has 3 nitrogen and oxygen atoms in total. The van der Waals surface area contributed by atoms with Crippen molar-refractivity contribution >= 4 is 34.5 Å². The van der Waals surface area contributed by atoms with Gasteiger partial charge in [-0.15, -0.1) is 0 Å². The Balaban J connectivity index is 2.35. The van der Waals surface area contributed by atoms with Gasteiger partial charge in [-0.3, -0.25) is 0 Å². The summed E-state index contributed by atoms with van der Waals surface area (Å²) in [6, 6.07) is 0. The van der Waals surface area contributed by atoms with Crippen LogP contribution in [0, 0.1) is 0 Å². The third kappa shape index (κ3) is 6.67. The van der Waals surface area contributed by atoms with Crippen molar-refractivity contribution in [1.29, 1.82) is 0 Å². The molecule has 0 radical (unpaired) electrons. The fraction of sp³-hybridized carbons (Fsp3) is 1.00. The molecular weight excluding hydrogens is 389 g/mol. The highest BCUT2D eigenvalue weighted by molar-refractivity contribution is 6.89. The van der Waals surface area contributed by atoms with Gasteiger partial charge in [-0.05, 0) is 71.5 Å². The van der Waals surface area contributed by atoms with Gasteiger partial charge in [0.1, 0.15) is 0 Å². The maximum Gasteiger partial charge on any atom is 0.325 e. The number of rotatable bonds is 8. The first-order valence-electron chi connectivity index (χ1n) is 11.1. The molecule has 0 atom stereocenters. The molecule has 0 aromatic heterocycles. The summed E-state index contributed by atoms with van der Waals surface area (Å²) in [4.78, 5) is 0. The predicted octanol–water partition coefficient (Wildman–Crippen LogP) is 6.67. The molecule has 0 saturated heterocycles. The molecular formula is C19H44O3Si4. The van der Waals surface area contributed by atoms with Crippen LogP contribution in [-0.2, 0) is 12.3 Å². The second-order valence-electron chi connectivity index (χ2n) is 10.3. The summed E-state index contributed by atoms with van der Waals surface area (Å²) in [6.45, 7) is 16.2. The molecule has 154 valence electrons. The Hall–Kier alpha value is 0.748. The van der Waals surface area contributed by atoms with Gasteiger partial charge in [0.25, 0.3) is 0 Å². The lowest BCUT2D eigenvalue weighted by molar-refractivity contribution is 0.262. The predicted molar refractivity (Wildman–Crippen MR) is 122 cm³/mol. The first kappa shape index (κ1) is 23.0. The normalized spacial score (nSPS) is 22.2. The second-order valence-corrected chi connectivity index (χ2v) is 25.0. The molecule has 0 amide bonds. The van der Waals surface area contributed by atoms with Crippen molar-refractivity contribution in [1.82, 2.24) is 0 Å². The monoisotopic (exact) mass is 432 g/mol. The van der Waals surface area contributed by atoms with Crippen molar-refractivity contribution in [3.05, 3.63) is 0 Å². The Kier molecular flexibility index (Phi) is 8.41. The quantitative estimate of drug-likeness (QED) is 0.401. The summed E-state index contributed by atoms with van der Waals surface area (Å²) in [6.07, 6.45) is 13.6. The Morgan fingerprint density at radius 2 is 1.08 bits per heavy atom. The summed E-state index contributed by atoms with van der Waals surface area (Å²) in [5, 5.41) is 0. The van der Waals surface area contributed by atoms with Gasteiger partial charge in [-0.2, -0.15) is 0 Å². The molecule has 2 aliphatic carbocycles. The van der Waals surface area contributed by atoms with Crippen LogP contribution in [0.4, 0.5) is 0 Å². The zero-order valence-corrected chi connectivity index (χ0v) is 22.7. The molecule has 7 heteroatoms. The van der Waals surface area contributed by atoms with Gasteiger partial charge in [0.15, 0.2) is 17.4 Å². The molecule has 2 rings (SSSR count). The van der Waals surface area contributed by atoms with E-state index < -0.39 is 34.5 Å². The van der Waals surface area contributed by atoms with Crippen molar-refractivity contribution in [3.8, 4) is 0 Å². The number of hydrogen-bond acceptors (Lipinski definition) is 3. The van der Waals surface area contributed by atoms with Gasteiger partial charge in [0.2, 0.25) is 0 Å². The summed E-state index contributed by atoms with van der Waals surface area (Å²) in [5.41, 5.74) is 1.40. The molecule has 2 saturated carbocycles. The van der Waals surface area contributed by atoms with Gasteiger partial charge < -0.3 is 12.3 Å². The van der Waals surface area contributed by atoms with Gasteiger partial charge >= 0.3 is 17.1 Å². The highest BCUT2D eigenvalue weighted by Crippen LogP contribution is 2.50. The SMILES string of the molecule is C[SiH](C)O[Si](O[Si](C)(C)O[Si](C)(C)C)(C1CCCCC1)C1CCCCC1. The van der Waals surface area contributed by atoms with E-state index in [0.29, 0.717) is 11.1 Å². The second kappa shape index (κ2) is 9.50. The fourth-order valence-corrected chi connectivity index (χ4v) is 24.3. The number of hydrogen-bond donors (Lipinski definition) is 0. The molecule has 0 unspecified atom stereocenters. The summed E-state index contributed by atoms with van der Waals surface area (Å²) in [5.74, 6) is 0. The van der Waals surface area contributed by atoms with Crippen LogP contribution in [-0.4, -0.2) is 34.5 Å². The first-order valence-corrected chi connectivity index (χ1v) is 22.1. The Labute approximate surface area is 167 Å². The van der Waals surface area contributed by atoms with E-state index in [1.807, 2.05) is 0 Å². The standard InChI is InChI=1S/C19H44O3Si4/c1-23(2)20-26(18-14-10-8-11-15-18,19-16-12-9-13-17-19)22-25(6,7)21-24(3,4)5/h18-19,23H,8-17H2,1-7H3. The van der Waals surface area contributed by atoms with Crippen LogP contribution in [0.15, 0.2) is 0 Å². The molecule has 2 aliphatic rings. The average Bonchev–Trinajstić information content (AvgIpc) is 2.53. The third-order valence-electron chi connectivity index (χ3n) is 5.73. The first-order chi connectivity index (χ1) is 12.0. The third-order valence-corrected chi connectivity index (χ3v) is 20.2. The van der Waals surface area contributed by atoms with Crippen LogP contribution in [0.3, 0.4) is 0 Å². The lowest BCUT2D eigenvalue weighted by Gasteiger charge is -2.50. The fourth-order valence-electron chi connectivity index (χ4n) is 5.24. The van der Waals surface area contributed by atoms with E-state index in [-0.39, 0.29) is 0 Å². The molecule has 0 bridgehead atoms. The zero-order chi connectivity index (χ0) is 19.4. The minimum Gasteiger partial charge on any atom is -0.439 e. The van der Waals surface area contributed by atoms with Crippen LogP contribution < -0.4 is 0 Å². The van der Waals surface area contributed by atoms with E-state index in [1.54, 1.807) is 0 Å². The van der Waals surface area contributed by atoms with Crippen LogP contribution >= 0.6 is 0 Å². The van der Waals surface area contributed by atoms with Gasteiger partial charge in [-0.25, -0.2) is 0 Å². The van der Waals surface area contributed by atoms with Crippen LogP contribution in [0.25, 0.3) is 0 Å². The molecule has 26 heavy (non-hydrogen) atoms. The van der Waals surface area contributed by atoms with Crippen LogP contribution in [0.1, 0.15) is 64.2 Å². The van der Waals surface area contributed by atoms with Gasteiger partial charge in [0, 0.05) is 11.1 Å². The average molecular weight is 433 g/mol.